The SMILES string of the molecule is COc1cccc(C2CCNCC2c2ccc(F)cc2)c1. The number of piperidine rings is 1. The monoisotopic (exact) mass is 285 g/mol. The van der Waals surface area contributed by atoms with Crippen LogP contribution in [0.15, 0.2) is 48.5 Å². The van der Waals surface area contributed by atoms with Crippen molar-refractivity contribution in [1.29, 1.82) is 0 Å². The van der Waals surface area contributed by atoms with Crippen LogP contribution in [0.4, 0.5) is 4.39 Å². The Bertz CT molecular complexity index is 596. The third kappa shape index (κ3) is 3.08. The van der Waals surface area contributed by atoms with Crippen molar-refractivity contribution < 1.29 is 9.13 Å². The Balaban J connectivity index is 1.92. The van der Waals surface area contributed by atoms with Gasteiger partial charge in [0.05, 0.1) is 7.11 Å². The minimum Gasteiger partial charge on any atom is -0.497 e. The summed E-state index contributed by atoms with van der Waals surface area (Å²) in [6.07, 6.45) is 1.08. The van der Waals surface area contributed by atoms with Crippen molar-refractivity contribution in [1.82, 2.24) is 5.32 Å². The predicted molar refractivity (Wildman–Crippen MR) is 82.4 cm³/mol. The molecule has 0 saturated carbocycles. The van der Waals surface area contributed by atoms with Crippen molar-refractivity contribution in [3.8, 4) is 5.75 Å². The van der Waals surface area contributed by atoms with E-state index in [9.17, 15) is 4.39 Å². The average Bonchev–Trinajstić information content (AvgIpc) is 2.56. The smallest absolute Gasteiger partial charge is 0.123 e. The van der Waals surface area contributed by atoms with Crippen LogP contribution < -0.4 is 10.1 Å². The molecule has 1 saturated heterocycles. The highest BCUT2D eigenvalue weighted by atomic mass is 19.1. The van der Waals surface area contributed by atoms with Crippen molar-refractivity contribution in [2.45, 2.75) is 18.3 Å². The van der Waals surface area contributed by atoms with Gasteiger partial charge < -0.3 is 10.1 Å². The molecule has 0 spiro atoms. The van der Waals surface area contributed by atoms with Crippen molar-refractivity contribution in [3.05, 3.63) is 65.5 Å². The lowest BCUT2D eigenvalue weighted by Gasteiger charge is -2.33. The summed E-state index contributed by atoms with van der Waals surface area (Å²) in [4.78, 5) is 0. The summed E-state index contributed by atoms with van der Waals surface area (Å²) in [5, 5.41) is 3.45. The molecule has 3 heteroatoms. The van der Waals surface area contributed by atoms with Gasteiger partial charge in [-0.2, -0.15) is 0 Å². The zero-order valence-electron chi connectivity index (χ0n) is 12.2. The fourth-order valence-corrected chi connectivity index (χ4v) is 3.19. The molecule has 110 valence electrons. The summed E-state index contributed by atoms with van der Waals surface area (Å²) >= 11 is 0. The molecule has 21 heavy (non-hydrogen) atoms. The van der Waals surface area contributed by atoms with Gasteiger partial charge in [0.1, 0.15) is 11.6 Å². The Morgan fingerprint density at radius 2 is 1.86 bits per heavy atom. The maximum absolute atomic E-state index is 13.1. The number of rotatable bonds is 3. The first-order chi connectivity index (χ1) is 10.3. The Morgan fingerprint density at radius 3 is 2.62 bits per heavy atom. The largest absolute Gasteiger partial charge is 0.497 e. The second-order valence-corrected chi connectivity index (χ2v) is 5.53. The molecule has 1 heterocycles. The van der Waals surface area contributed by atoms with Crippen LogP contribution in [0.5, 0.6) is 5.75 Å². The third-order valence-corrected chi connectivity index (χ3v) is 4.30. The number of halogens is 1. The van der Waals surface area contributed by atoms with E-state index >= 15 is 0 Å². The van der Waals surface area contributed by atoms with Crippen LogP contribution in [-0.4, -0.2) is 20.2 Å². The standard InChI is InChI=1S/C18H20FNO/c1-21-16-4-2-3-14(11-16)17-9-10-20-12-18(17)13-5-7-15(19)8-6-13/h2-8,11,17-18,20H,9-10,12H2,1H3. The minimum absolute atomic E-state index is 0.180. The summed E-state index contributed by atoms with van der Waals surface area (Å²) in [5.74, 6) is 1.52. The number of ether oxygens (including phenoxy) is 1. The highest BCUT2D eigenvalue weighted by Crippen LogP contribution is 2.38. The van der Waals surface area contributed by atoms with Gasteiger partial charge >= 0.3 is 0 Å². The summed E-state index contributed by atoms with van der Waals surface area (Å²) in [5.41, 5.74) is 2.49. The van der Waals surface area contributed by atoms with E-state index in [0.29, 0.717) is 11.8 Å². The molecular formula is C18H20FNO. The lowest BCUT2D eigenvalue weighted by molar-refractivity contribution is 0.395. The molecule has 1 aliphatic heterocycles. The molecule has 0 aliphatic carbocycles. The Morgan fingerprint density at radius 1 is 1.05 bits per heavy atom. The van der Waals surface area contributed by atoms with E-state index in [4.69, 9.17) is 4.74 Å². The summed E-state index contributed by atoms with van der Waals surface area (Å²) < 4.78 is 18.5. The van der Waals surface area contributed by atoms with Crippen LogP contribution in [0.25, 0.3) is 0 Å². The molecule has 1 N–H and O–H groups in total. The molecule has 2 unspecified atom stereocenters. The van der Waals surface area contributed by atoms with Gasteiger partial charge in [-0.15, -0.1) is 0 Å². The summed E-state index contributed by atoms with van der Waals surface area (Å²) in [6.45, 7) is 1.94. The molecule has 0 bridgehead atoms. The van der Waals surface area contributed by atoms with Gasteiger partial charge in [0.25, 0.3) is 0 Å². The molecule has 1 fully saturated rings. The zero-order chi connectivity index (χ0) is 14.7. The van der Waals surface area contributed by atoms with E-state index in [2.05, 4.69) is 17.4 Å². The third-order valence-electron chi connectivity index (χ3n) is 4.30. The van der Waals surface area contributed by atoms with Crippen molar-refractivity contribution in [2.24, 2.45) is 0 Å². The highest BCUT2D eigenvalue weighted by molar-refractivity contribution is 5.35. The lowest BCUT2D eigenvalue weighted by atomic mass is 9.77. The normalized spacial score (nSPS) is 22.0. The number of hydrogen-bond acceptors (Lipinski definition) is 2. The fraction of sp³-hybridized carbons (Fsp3) is 0.333. The van der Waals surface area contributed by atoms with Crippen LogP contribution in [0.3, 0.4) is 0 Å². The number of nitrogens with one attached hydrogen (secondary N) is 1. The average molecular weight is 285 g/mol. The quantitative estimate of drug-likeness (QED) is 0.928. The van der Waals surface area contributed by atoms with E-state index < -0.39 is 0 Å². The van der Waals surface area contributed by atoms with Crippen LogP contribution >= 0.6 is 0 Å². The maximum Gasteiger partial charge on any atom is 0.123 e. The number of hydrogen-bond donors (Lipinski definition) is 1. The van der Waals surface area contributed by atoms with Gasteiger partial charge in [-0.3, -0.25) is 0 Å². The van der Waals surface area contributed by atoms with Crippen molar-refractivity contribution in [2.75, 3.05) is 20.2 Å². The zero-order valence-corrected chi connectivity index (χ0v) is 12.2. The Hall–Kier alpha value is -1.87. The van der Waals surface area contributed by atoms with E-state index in [1.165, 1.54) is 11.1 Å². The fourth-order valence-electron chi connectivity index (χ4n) is 3.19. The molecule has 2 nitrogen and oxygen atoms in total. The van der Waals surface area contributed by atoms with E-state index in [0.717, 1.165) is 25.3 Å². The van der Waals surface area contributed by atoms with E-state index in [-0.39, 0.29) is 5.82 Å². The molecular weight excluding hydrogens is 265 g/mol. The van der Waals surface area contributed by atoms with Crippen LogP contribution in [0.1, 0.15) is 29.4 Å². The van der Waals surface area contributed by atoms with Gasteiger partial charge in [0.15, 0.2) is 0 Å². The first-order valence-corrected chi connectivity index (χ1v) is 7.38. The first kappa shape index (κ1) is 14.1. The van der Waals surface area contributed by atoms with Gasteiger partial charge in [0.2, 0.25) is 0 Å². The molecule has 0 radical (unpaired) electrons. The second kappa shape index (κ2) is 6.27. The predicted octanol–water partition coefficient (Wildman–Crippen LogP) is 3.70. The Labute approximate surface area is 125 Å². The topological polar surface area (TPSA) is 21.3 Å². The minimum atomic E-state index is -0.180. The first-order valence-electron chi connectivity index (χ1n) is 7.38. The highest BCUT2D eigenvalue weighted by Gasteiger charge is 2.27. The molecule has 0 amide bonds. The van der Waals surface area contributed by atoms with Gasteiger partial charge in [-0.05, 0) is 54.3 Å². The molecule has 2 aromatic carbocycles. The molecule has 0 aromatic heterocycles. The lowest BCUT2D eigenvalue weighted by Crippen LogP contribution is -2.34. The molecule has 2 atom stereocenters. The maximum atomic E-state index is 13.1. The Kier molecular flexibility index (Phi) is 4.20. The molecule has 1 aliphatic rings. The van der Waals surface area contributed by atoms with Crippen LogP contribution in [0, 0.1) is 5.82 Å². The van der Waals surface area contributed by atoms with Crippen molar-refractivity contribution >= 4 is 0 Å². The number of methoxy groups -OCH3 is 1. The van der Waals surface area contributed by atoms with Crippen LogP contribution in [-0.2, 0) is 0 Å². The summed E-state index contributed by atoms with van der Waals surface area (Å²) in [6, 6.07) is 15.2. The summed E-state index contributed by atoms with van der Waals surface area (Å²) in [7, 11) is 1.69. The molecule has 3 rings (SSSR count). The number of benzene rings is 2. The van der Waals surface area contributed by atoms with E-state index in [1.807, 2.05) is 24.3 Å². The molecule has 2 aromatic rings. The van der Waals surface area contributed by atoms with Crippen LogP contribution in [0.2, 0.25) is 0 Å². The van der Waals surface area contributed by atoms with Crippen molar-refractivity contribution in [3.63, 3.8) is 0 Å². The van der Waals surface area contributed by atoms with Gasteiger partial charge in [0, 0.05) is 12.5 Å². The van der Waals surface area contributed by atoms with E-state index in [1.54, 1.807) is 19.2 Å². The van der Waals surface area contributed by atoms with Gasteiger partial charge in [-0.25, -0.2) is 4.39 Å². The van der Waals surface area contributed by atoms with Gasteiger partial charge in [-0.1, -0.05) is 24.3 Å². The second-order valence-electron chi connectivity index (χ2n) is 5.53.